The molecule has 1 aromatic heterocycles. The number of nitrogens with one attached hydrogen (secondary N) is 3. The van der Waals surface area contributed by atoms with Gasteiger partial charge >= 0.3 is 0 Å². The third kappa shape index (κ3) is 5.78. The number of nitrogens with zero attached hydrogens (tertiary/aromatic N) is 3. The van der Waals surface area contributed by atoms with Crippen molar-refractivity contribution < 1.29 is 14.3 Å². The van der Waals surface area contributed by atoms with Crippen LogP contribution in [0.5, 0.6) is 17.4 Å². The second-order valence-corrected chi connectivity index (χ2v) is 7.30. The van der Waals surface area contributed by atoms with Gasteiger partial charge in [0.2, 0.25) is 11.9 Å². The monoisotopic (exact) mass is 446 g/mol. The quantitative estimate of drug-likeness (QED) is 0.452. The lowest BCUT2D eigenvalue weighted by atomic mass is 10.2. The number of aromatic nitrogens is 2. The molecule has 1 saturated heterocycles. The van der Waals surface area contributed by atoms with Crippen LogP contribution >= 0.6 is 0 Å². The number of carbonyl (C=O) groups excluding carboxylic acids is 1. The number of amides is 1. The average Bonchev–Trinajstić information content (AvgIpc) is 2.85. The third-order valence-corrected chi connectivity index (χ3v) is 5.05. The summed E-state index contributed by atoms with van der Waals surface area (Å²) >= 11 is 0. The number of anilines is 4. The van der Waals surface area contributed by atoms with Crippen LogP contribution in [0, 0.1) is 0 Å². The molecule has 0 aliphatic carbocycles. The SMILES string of the molecule is C=CC(=O)Nc1cccc(Oc2nc(Nc3ccc(N4CCNCC4)cc3)ncc2OC)c1. The van der Waals surface area contributed by atoms with E-state index < -0.39 is 0 Å². The van der Waals surface area contributed by atoms with Crippen molar-refractivity contribution >= 4 is 28.9 Å². The van der Waals surface area contributed by atoms with E-state index in [-0.39, 0.29) is 11.8 Å². The highest BCUT2D eigenvalue weighted by Crippen LogP contribution is 2.31. The van der Waals surface area contributed by atoms with Gasteiger partial charge in [-0.15, -0.1) is 0 Å². The molecule has 33 heavy (non-hydrogen) atoms. The van der Waals surface area contributed by atoms with Crippen LogP contribution in [0.4, 0.5) is 23.0 Å². The van der Waals surface area contributed by atoms with Gasteiger partial charge in [-0.3, -0.25) is 4.79 Å². The summed E-state index contributed by atoms with van der Waals surface area (Å²) in [6, 6.07) is 15.1. The largest absolute Gasteiger partial charge is 0.490 e. The summed E-state index contributed by atoms with van der Waals surface area (Å²) in [6.07, 6.45) is 2.75. The second-order valence-electron chi connectivity index (χ2n) is 7.30. The fraction of sp³-hybridized carbons (Fsp3) is 0.208. The molecule has 1 aliphatic rings. The molecule has 1 aliphatic heterocycles. The Labute approximate surface area is 192 Å². The predicted octanol–water partition coefficient (Wildman–Crippen LogP) is 3.56. The van der Waals surface area contributed by atoms with Gasteiger partial charge in [0.1, 0.15) is 5.75 Å². The van der Waals surface area contributed by atoms with Crippen molar-refractivity contribution in [2.45, 2.75) is 0 Å². The first-order valence-electron chi connectivity index (χ1n) is 10.6. The molecule has 1 fully saturated rings. The normalized spacial score (nSPS) is 13.2. The van der Waals surface area contributed by atoms with E-state index in [1.165, 1.54) is 18.9 Å². The topological polar surface area (TPSA) is 101 Å². The first-order chi connectivity index (χ1) is 16.1. The Balaban J connectivity index is 1.48. The summed E-state index contributed by atoms with van der Waals surface area (Å²) in [4.78, 5) is 22.7. The Morgan fingerprint density at radius 3 is 2.67 bits per heavy atom. The Bertz CT molecular complexity index is 1110. The van der Waals surface area contributed by atoms with Gasteiger partial charge in [0.05, 0.1) is 13.3 Å². The van der Waals surface area contributed by atoms with E-state index in [0.29, 0.717) is 23.1 Å². The molecule has 4 rings (SSSR count). The fourth-order valence-corrected chi connectivity index (χ4v) is 3.38. The number of ether oxygens (including phenoxy) is 2. The first-order valence-corrected chi connectivity index (χ1v) is 10.6. The number of piperazine rings is 1. The van der Waals surface area contributed by atoms with Crippen LogP contribution in [0.2, 0.25) is 0 Å². The van der Waals surface area contributed by atoms with E-state index in [9.17, 15) is 4.79 Å². The van der Waals surface area contributed by atoms with Gasteiger partial charge < -0.3 is 30.3 Å². The van der Waals surface area contributed by atoms with Crippen molar-refractivity contribution in [3.8, 4) is 17.4 Å². The Morgan fingerprint density at radius 2 is 1.94 bits per heavy atom. The molecule has 2 aromatic carbocycles. The molecule has 1 amide bonds. The molecule has 2 heterocycles. The summed E-state index contributed by atoms with van der Waals surface area (Å²) in [7, 11) is 1.52. The maximum atomic E-state index is 11.6. The fourth-order valence-electron chi connectivity index (χ4n) is 3.38. The maximum Gasteiger partial charge on any atom is 0.267 e. The van der Waals surface area contributed by atoms with E-state index in [4.69, 9.17) is 9.47 Å². The minimum Gasteiger partial charge on any atom is -0.490 e. The van der Waals surface area contributed by atoms with Crippen LogP contribution in [-0.2, 0) is 4.79 Å². The molecular weight excluding hydrogens is 420 g/mol. The molecule has 0 spiro atoms. The summed E-state index contributed by atoms with van der Waals surface area (Å²) in [5, 5.41) is 9.26. The lowest BCUT2D eigenvalue weighted by Gasteiger charge is -2.29. The highest BCUT2D eigenvalue weighted by atomic mass is 16.5. The minimum atomic E-state index is -0.304. The summed E-state index contributed by atoms with van der Waals surface area (Å²) < 4.78 is 11.3. The van der Waals surface area contributed by atoms with Crippen LogP contribution < -0.4 is 30.3 Å². The minimum absolute atomic E-state index is 0.250. The van der Waals surface area contributed by atoms with Crippen molar-refractivity contribution in [2.24, 2.45) is 0 Å². The number of rotatable bonds is 8. The standard InChI is InChI=1S/C24H26N6O3/c1-3-22(31)27-18-5-4-6-20(15-18)33-23-21(32-2)16-26-24(29-23)28-17-7-9-19(10-8-17)30-13-11-25-12-14-30/h3-10,15-16,25H,1,11-14H2,2H3,(H,27,31)(H,26,28,29). The molecule has 0 atom stereocenters. The van der Waals surface area contributed by atoms with Crippen molar-refractivity contribution in [1.82, 2.24) is 15.3 Å². The van der Waals surface area contributed by atoms with Gasteiger partial charge in [0, 0.05) is 49.3 Å². The Kier molecular flexibility index (Phi) is 7.01. The van der Waals surface area contributed by atoms with E-state index >= 15 is 0 Å². The number of benzene rings is 2. The predicted molar refractivity (Wildman–Crippen MR) is 129 cm³/mol. The smallest absolute Gasteiger partial charge is 0.267 e. The number of methoxy groups -OCH3 is 1. The number of hydrogen-bond acceptors (Lipinski definition) is 8. The van der Waals surface area contributed by atoms with Gasteiger partial charge in [-0.05, 0) is 42.5 Å². The number of carbonyl (C=O) groups is 1. The molecule has 9 nitrogen and oxygen atoms in total. The third-order valence-electron chi connectivity index (χ3n) is 5.05. The van der Waals surface area contributed by atoms with E-state index in [0.717, 1.165) is 31.9 Å². The Hall–Kier alpha value is -4.11. The molecule has 0 radical (unpaired) electrons. The van der Waals surface area contributed by atoms with Crippen LogP contribution in [0.3, 0.4) is 0 Å². The van der Waals surface area contributed by atoms with Crippen molar-refractivity contribution in [1.29, 1.82) is 0 Å². The molecule has 170 valence electrons. The van der Waals surface area contributed by atoms with E-state index in [1.54, 1.807) is 30.5 Å². The van der Waals surface area contributed by atoms with Gasteiger partial charge in [0.15, 0.2) is 5.75 Å². The van der Waals surface area contributed by atoms with Gasteiger partial charge in [0.25, 0.3) is 5.88 Å². The summed E-state index contributed by atoms with van der Waals surface area (Å²) in [5.41, 5.74) is 2.62. The van der Waals surface area contributed by atoms with Crippen LogP contribution in [0.25, 0.3) is 0 Å². The molecule has 0 bridgehead atoms. The summed E-state index contributed by atoms with van der Waals surface area (Å²) in [6.45, 7) is 7.42. The zero-order valence-corrected chi connectivity index (χ0v) is 18.4. The average molecular weight is 447 g/mol. The Morgan fingerprint density at radius 1 is 1.15 bits per heavy atom. The highest BCUT2D eigenvalue weighted by Gasteiger charge is 2.13. The zero-order chi connectivity index (χ0) is 23.0. The van der Waals surface area contributed by atoms with Crippen LogP contribution in [0.15, 0.2) is 67.4 Å². The number of hydrogen-bond donors (Lipinski definition) is 3. The highest BCUT2D eigenvalue weighted by molar-refractivity contribution is 5.98. The van der Waals surface area contributed by atoms with E-state index in [2.05, 4.69) is 49.5 Å². The first kappa shape index (κ1) is 22.1. The van der Waals surface area contributed by atoms with Crippen molar-refractivity contribution in [3.05, 3.63) is 67.4 Å². The maximum absolute atomic E-state index is 11.6. The van der Waals surface area contributed by atoms with Gasteiger partial charge in [-0.25, -0.2) is 4.98 Å². The molecular formula is C24H26N6O3. The molecule has 0 unspecified atom stereocenters. The molecule has 3 aromatic rings. The van der Waals surface area contributed by atoms with Gasteiger partial charge in [-0.2, -0.15) is 4.98 Å². The second kappa shape index (κ2) is 10.5. The lowest BCUT2D eigenvalue weighted by molar-refractivity contribution is -0.111. The van der Waals surface area contributed by atoms with Crippen LogP contribution in [0.1, 0.15) is 0 Å². The molecule has 9 heteroatoms. The van der Waals surface area contributed by atoms with Crippen molar-refractivity contribution in [3.63, 3.8) is 0 Å². The molecule has 0 saturated carbocycles. The van der Waals surface area contributed by atoms with Crippen molar-refractivity contribution in [2.75, 3.05) is 48.8 Å². The molecule has 3 N–H and O–H groups in total. The summed E-state index contributed by atoms with van der Waals surface area (Å²) in [5.74, 6) is 1.19. The lowest BCUT2D eigenvalue weighted by Crippen LogP contribution is -2.43. The van der Waals surface area contributed by atoms with Gasteiger partial charge in [-0.1, -0.05) is 12.6 Å². The zero-order valence-electron chi connectivity index (χ0n) is 18.4. The van der Waals surface area contributed by atoms with Crippen LogP contribution in [-0.4, -0.2) is 49.2 Å². The van der Waals surface area contributed by atoms with E-state index in [1.807, 2.05) is 12.1 Å².